The van der Waals surface area contributed by atoms with Crippen molar-refractivity contribution in [2.45, 2.75) is 66.4 Å². The Bertz CT molecular complexity index is 636. The Hall–Kier alpha value is -1.59. The van der Waals surface area contributed by atoms with E-state index in [0.717, 1.165) is 49.3 Å². The minimum Gasteiger partial charge on any atom is -0.492 e. The molecule has 1 aliphatic heterocycles. The van der Waals surface area contributed by atoms with Gasteiger partial charge >= 0.3 is 0 Å². The van der Waals surface area contributed by atoms with Crippen LogP contribution >= 0.6 is 0 Å². The van der Waals surface area contributed by atoms with Gasteiger partial charge in [0.25, 0.3) is 5.91 Å². The van der Waals surface area contributed by atoms with Crippen molar-refractivity contribution in [3.63, 3.8) is 0 Å². The van der Waals surface area contributed by atoms with Crippen molar-refractivity contribution in [2.75, 3.05) is 38.2 Å². The number of nitrogens with zero attached hydrogens (tertiary/aromatic N) is 1. The molecule has 0 saturated carbocycles. The van der Waals surface area contributed by atoms with Crippen LogP contribution in [-0.4, -0.2) is 49.3 Å². The second-order valence-corrected chi connectivity index (χ2v) is 9.71. The zero-order valence-corrected chi connectivity index (χ0v) is 19.9. The molecule has 1 heterocycles. The van der Waals surface area contributed by atoms with E-state index >= 15 is 0 Å². The molecule has 170 valence electrons. The maximum atomic E-state index is 12.9. The maximum absolute atomic E-state index is 12.9. The monoisotopic (exact) mass is 418 g/mol. The second-order valence-electron chi connectivity index (χ2n) is 9.71. The summed E-state index contributed by atoms with van der Waals surface area (Å²) >= 11 is 0. The number of carbonyl (C=O) groups excluding carboxylic acids is 1. The van der Waals surface area contributed by atoms with Crippen molar-refractivity contribution in [2.24, 2.45) is 17.8 Å². The minimum atomic E-state index is -0.817. The Morgan fingerprint density at radius 2 is 1.80 bits per heavy atom. The van der Waals surface area contributed by atoms with Gasteiger partial charge in [-0.1, -0.05) is 34.6 Å². The van der Waals surface area contributed by atoms with Crippen LogP contribution in [0.25, 0.3) is 0 Å². The number of likely N-dealkylation sites (tertiary alicyclic amines) is 1. The molecule has 0 aliphatic carbocycles. The summed E-state index contributed by atoms with van der Waals surface area (Å²) in [5.41, 5.74) is -0.0525. The number of carbonyl (C=O) groups is 1. The number of hydrogen-bond donors (Lipinski definition) is 1. The van der Waals surface area contributed by atoms with Gasteiger partial charge in [-0.2, -0.15) is 0 Å². The Kier molecular flexibility index (Phi) is 9.63. The quantitative estimate of drug-likeness (QED) is 0.536. The Morgan fingerprint density at radius 3 is 2.37 bits per heavy atom. The van der Waals surface area contributed by atoms with Crippen LogP contribution in [0.15, 0.2) is 24.3 Å². The summed E-state index contributed by atoms with van der Waals surface area (Å²) in [5.74, 6) is 2.64. The average molecular weight is 419 g/mol. The highest BCUT2D eigenvalue weighted by molar-refractivity contribution is 5.97. The van der Waals surface area contributed by atoms with Gasteiger partial charge in [-0.15, -0.1) is 0 Å². The lowest BCUT2D eigenvalue weighted by Gasteiger charge is -2.34. The highest BCUT2D eigenvalue weighted by Gasteiger charge is 2.35. The highest BCUT2D eigenvalue weighted by atomic mass is 16.5. The number of hydrogen-bond acceptors (Lipinski definition) is 4. The largest absolute Gasteiger partial charge is 0.492 e. The van der Waals surface area contributed by atoms with Crippen molar-refractivity contribution in [3.05, 3.63) is 24.3 Å². The molecular formula is C25H42N2O3. The summed E-state index contributed by atoms with van der Waals surface area (Å²) in [6.07, 6.45) is 2.90. The lowest BCUT2D eigenvalue weighted by atomic mass is 9.92. The average Bonchev–Trinajstić information content (AvgIpc) is 2.66. The van der Waals surface area contributed by atoms with Gasteiger partial charge in [-0.3, -0.25) is 9.69 Å². The third-order valence-electron chi connectivity index (χ3n) is 5.64. The highest BCUT2D eigenvalue weighted by Crippen LogP contribution is 2.25. The molecule has 0 radical (unpaired) electrons. The van der Waals surface area contributed by atoms with Crippen molar-refractivity contribution < 1.29 is 14.3 Å². The molecule has 0 spiro atoms. The first-order valence-corrected chi connectivity index (χ1v) is 11.6. The van der Waals surface area contributed by atoms with Gasteiger partial charge in [0.15, 0.2) is 0 Å². The maximum Gasteiger partial charge on any atom is 0.256 e. The number of benzene rings is 1. The fourth-order valence-corrected chi connectivity index (χ4v) is 4.49. The van der Waals surface area contributed by atoms with E-state index < -0.39 is 5.60 Å². The predicted octanol–water partition coefficient (Wildman–Crippen LogP) is 5.21. The first-order chi connectivity index (χ1) is 14.2. The van der Waals surface area contributed by atoms with E-state index in [-0.39, 0.29) is 5.91 Å². The van der Waals surface area contributed by atoms with E-state index in [1.807, 2.05) is 31.2 Å². The van der Waals surface area contributed by atoms with Crippen molar-refractivity contribution in [3.8, 4) is 5.75 Å². The van der Waals surface area contributed by atoms with Gasteiger partial charge in [0.05, 0.1) is 0 Å². The van der Waals surface area contributed by atoms with Gasteiger partial charge in [-0.25, -0.2) is 0 Å². The van der Waals surface area contributed by atoms with Crippen LogP contribution < -0.4 is 10.1 Å². The molecule has 1 aromatic carbocycles. The second kappa shape index (κ2) is 11.7. The van der Waals surface area contributed by atoms with Gasteiger partial charge < -0.3 is 14.8 Å². The Balaban J connectivity index is 1.84. The Morgan fingerprint density at radius 1 is 1.17 bits per heavy atom. The third kappa shape index (κ3) is 7.92. The molecule has 0 aromatic heterocycles. The van der Waals surface area contributed by atoms with Crippen molar-refractivity contribution in [1.29, 1.82) is 0 Å². The van der Waals surface area contributed by atoms with Crippen molar-refractivity contribution in [1.82, 2.24) is 4.90 Å². The van der Waals surface area contributed by atoms with Crippen molar-refractivity contribution >= 4 is 11.6 Å². The molecule has 1 N–H and O–H groups in total. The molecule has 0 unspecified atom stereocenters. The summed E-state index contributed by atoms with van der Waals surface area (Å²) in [6, 6.07) is 7.63. The molecule has 3 atom stereocenters. The fraction of sp³-hybridized carbons (Fsp3) is 0.720. The lowest BCUT2D eigenvalue weighted by molar-refractivity contribution is -0.141. The van der Waals surface area contributed by atoms with Gasteiger partial charge in [0.2, 0.25) is 0 Å². The minimum absolute atomic E-state index is 0.0911. The number of nitrogens with one attached hydrogen (secondary N) is 1. The summed E-state index contributed by atoms with van der Waals surface area (Å²) in [7, 11) is 0. The molecule has 1 aliphatic rings. The van der Waals surface area contributed by atoms with Crippen LogP contribution in [-0.2, 0) is 9.53 Å². The molecular weight excluding hydrogens is 376 g/mol. The van der Waals surface area contributed by atoms with E-state index in [0.29, 0.717) is 25.6 Å². The summed E-state index contributed by atoms with van der Waals surface area (Å²) in [6.45, 7) is 17.4. The number of ether oxygens (including phenoxy) is 2. The van der Waals surface area contributed by atoms with Gasteiger partial charge in [-0.05, 0) is 68.2 Å². The first kappa shape index (κ1) is 24.7. The van der Waals surface area contributed by atoms with E-state index in [9.17, 15) is 4.79 Å². The predicted molar refractivity (Wildman–Crippen MR) is 124 cm³/mol. The zero-order chi connectivity index (χ0) is 22.1. The van der Waals surface area contributed by atoms with Crippen LogP contribution in [0.2, 0.25) is 0 Å². The molecule has 5 heteroatoms. The first-order valence-electron chi connectivity index (χ1n) is 11.6. The van der Waals surface area contributed by atoms with Gasteiger partial charge in [0.1, 0.15) is 18.0 Å². The third-order valence-corrected chi connectivity index (χ3v) is 5.64. The molecule has 1 fully saturated rings. The fourth-order valence-electron chi connectivity index (χ4n) is 4.49. The molecule has 2 rings (SSSR count). The number of piperidine rings is 1. The molecule has 0 bridgehead atoms. The van der Waals surface area contributed by atoms with E-state index in [4.69, 9.17) is 9.47 Å². The van der Waals surface area contributed by atoms with Crippen LogP contribution in [0.5, 0.6) is 5.75 Å². The summed E-state index contributed by atoms with van der Waals surface area (Å²) < 4.78 is 11.9. The topological polar surface area (TPSA) is 50.8 Å². The number of amides is 1. The van der Waals surface area contributed by atoms with E-state index in [1.165, 1.54) is 6.42 Å². The number of rotatable bonds is 11. The zero-order valence-electron chi connectivity index (χ0n) is 19.9. The van der Waals surface area contributed by atoms with Crippen LogP contribution in [0.3, 0.4) is 0 Å². The Labute approximate surface area is 183 Å². The summed E-state index contributed by atoms with van der Waals surface area (Å²) in [4.78, 5) is 15.4. The molecule has 1 aromatic rings. The molecule has 30 heavy (non-hydrogen) atoms. The SMILES string of the molecule is CCCO[C@](C)(CC(C)C)C(=O)Nc1ccc(OCCN2C[C@H](C)C[C@@H](C)C2)cc1. The van der Waals surface area contributed by atoms with Crippen LogP contribution in [0, 0.1) is 17.8 Å². The molecule has 1 saturated heterocycles. The summed E-state index contributed by atoms with van der Waals surface area (Å²) in [5, 5.41) is 3.01. The number of anilines is 1. The standard InChI is InChI=1S/C25H42N2O3/c1-7-13-30-25(6,16-19(2)3)24(28)26-22-8-10-23(11-9-22)29-14-12-27-17-20(4)15-21(5)18-27/h8-11,19-21H,7,12-18H2,1-6H3,(H,26,28)/t20-,21-,25-/m1/s1. The van der Waals surface area contributed by atoms with Gasteiger partial charge in [0, 0.05) is 31.9 Å². The lowest BCUT2D eigenvalue weighted by Crippen LogP contribution is -2.44. The van der Waals surface area contributed by atoms with Crippen LogP contribution in [0.1, 0.15) is 60.8 Å². The molecule has 5 nitrogen and oxygen atoms in total. The van der Waals surface area contributed by atoms with E-state index in [1.54, 1.807) is 0 Å². The van der Waals surface area contributed by atoms with Crippen LogP contribution in [0.4, 0.5) is 5.69 Å². The van der Waals surface area contributed by atoms with E-state index in [2.05, 4.69) is 44.8 Å². The smallest absolute Gasteiger partial charge is 0.256 e. The molecule has 1 amide bonds. The normalized spacial score (nSPS) is 22.0.